The first kappa shape index (κ1) is 16.4. The molecule has 0 heterocycles. The van der Waals surface area contributed by atoms with Crippen molar-refractivity contribution in [3.63, 3.8) is 0 Å². The van der Waals surface area contributed by atoms with Gasteiger partial charge in [0.25, 0.3) is 0 Å². The van der Waals surface area contributed by atoms with Crippen LogP contribution in [0.2, 0.25) is 0 Å². The molecule has 0 unspecified atom stereocenters. The molecule has 20 heavy (non-hydrogen) atoms. The number of rotatable bonds is 8. The Kier molecular flexibility index (Phi) is 5.93. The molecular weight excluding hydrogens is 284 g/mol. The number of unbranched alkanes of at least 4 members (excludes halogenated alkanes) is 1. The van der Waals surface area contributed by atoms with Crippen LogP contribution >= 0.6 is 0 Å². The molecule has 8 heteroatoms. The van der Waals surface area contributed by atoms with E-state index >= 15 is 0 Å². The van der Waals surface area contributed by atoms with Crippen LogP contribution < -0.4 is 10.5 Å². The number of benzene rings is 1. The van der Waals surface area contributed by atoms with E-state index in [-0.39, 0.29) is 22.7 Å². The van der Waals surface area contributed by atoms with E-state index in [9.17, 15) is 13.2 Å². The Hall–Kier alpha value is -1.64. The number of methoxy groups -OCH3 is 1. The van der Waals surface area contributed by atoms with Crippen LogP contribution in [0.4, 0.5) is 5.69 Å². The number of carbonyl (C=O) groups is 1. The predicted molar refractivity (Wildman–Crippen MR) is 74.1 cm³/mol. The molecule has 0 radical (unpaired) electrons. The van der Waals surface area contributed by atoms with Gasteiger partial charge in [-0.3, -0.25) is 0 Å². The highest BCUT2D eigenvalue weighted by Crippen LogP contribution is 2.19. The van der Waals surface area contributed by atoms with Crippen molar-refractivity contribution in [3.05, 3.63) is 23.8 Å². The molecule has 0 saturated carbocycles. The standard InChI is InChI=1S/C12H18N2O5S/c1-19-7-3-2-6-14-20(17,18)11-8-9(13)4-5-10(11)12(15)16/h4-5,8,14H,2-3,6-7,13H2,1H3,(H,15,16). The van der Waals surface area contributed by atoms with Crippen LogP contribution in [0.5, 0.6) is 0 Å². The van der Waals surface area contributed by atoms with Gasteiger partial charge in [0.05, 0.1) is 10.5 Å². The maximum Gasteiger partial charge on any atom is 0.337 e. The first-order valence-electron chi connectivity index (χ1n) is 6.00. The average Bonchev–Trinajstić information content (AvgIpc) is 2.38. The third kappa shape index (κ3) is 4.48. The summed E-state index contributed by atoms with van der Waals surface area (Å²) < 4.78 is 31.4. The molecule has 4 N–H and O–H groups in total. The smallest absolute Gasteiger partial charge is 0.337 e. The van der Waals surface area contributed by atoms with Crippen molar-refractivity contribution in [2.75, 3.05) is 26.0 Å². The van der Waals surface area contributed by atoms with E-state index in [1.54, 1.807) is 7.11 Å². The molecule has 1 aromatic rings. The molecule has 0 atom stereocenters. The highest BCUT2D eigenvalue weighted by molar-refractivity contribution is 7.89. The Bertz CT molecular complexity index is 571. The summed E-state index contributed by atoms with van der Waals surface area (Å²) in [5.74, 6) is -1.32. The van der Waals surface area contributed by atoms with E-state index in [2.05, 4.69) is 4.72 Å². The van der Waals surface area contributed by atoms with Gasteiger partial charge in [-0.15, -0.1) is 0 Å². The van der Waals surface area contributed by atoms with Crippen molar-refractivity contribution in [2.45, 2.75) is 17.7 Å². The lowest BCUT2D eigenvalue weighted by atomic mass is 10.2. The quantitative estimate of drug-likeness (QED) is 0.480. The van der Waals surface area contributed by atoms with E-state index in [1.165, 1.54) is 12.1 Å². The van der Waals surface area contributed by atoms with Crippen molar-refractivity contribution in [1.29, 1.82) is 0 Å². The maximum atomic E-state index is 12.1. The number of nitrogen functional groups attached to an aromatic ring is 1. The van der Waals surface area contributed by atoms with Crippen molar-refractivity contribution in [1.82, 2.24) is 4.72 Å². The zero-order chi connectivity index (χ0) is 15.2. The second-order valence-corrected chi connectivity index (χ2v) is 5.89. The van der Waals surface area contributed by atoms with Gasteiger partial charge < -0.3 is 15.6 Å². The molecule has 0 spiro atoms. The zero-order valence-electron chi connectivity index (χ0n) is 11.1. The van der Waals surface area contributed by atoms with Crippen LogP contribution in [-0.4, -0.2) is 39.8 Å². The van der Waals surface area contributed by atoms with Gasteiger partial charge in [-0.1, -0.05) is 0 Å². The lowest BCUT2D eigenvalue weighted by molar-refractivity contribution is 0.0692. The third-order valence-corrected chi connectivity index (χ3v) is 4.09. The van der Waals surface area contributed by atoms with Gasteiger partial charge >= 0.3 is 5.97 Å². The van der Waals surface area contributed by atoms with Gasteiger partial charge in [0.15, 0.2) is 0 Å². The first-order chi connectivity index (χ1) is 9.38. The molecule has 7 nitrogen and oxygen atoms in total. The molecule has 0 aromatic heterocycles. The van der Waals surface area contributed by atoms with E-state index < -0.39 is 16.0 Å². The molecule has 1 rings (SSSR count). The van der Waals surface area contributed by atoms with Crippen LogP contribution in [0.1, 0.15) is 23.2 Å². The number of carboxylic acid groups (broad SMARTS) is 1. The van der Waals surface area contributed by atoms with Crippen molar-refractivity contribution in [2.24, 2.45) is 0 Å². The molecule has 0 fully saturated rings. The summed E-state index contributed by atoms with van der Waals surface area (Å²) in [5.41, 5.74) is 5.40. The molecule has 0 saturated heterocycles. The SMILES string of the molecule is COCCCCNS(=O)(=O)c1cc(N)ccc1C(=O)O. The summed E-state index contributed by atoms with van der Waals surface area (Å²) in [7, 11) is -2.33. The topological polar surface area (TPSA) is 119 Å². The molecule has 0 aliphatic heterocycles. The lowest BCUT2D eigenvalue weighted by Gasteiger charge is -2.10. The molecular formula is C12H18N2O5S. The van der Waals surface area contributed by atoms with Gasteiger partial charge in [0.1, 0.15) is 0 Å². The number of sulfonamides is 1. The van der Waals surface area contributed by atoms with Gasteiger partial charge in [-0.25, -0.2) is 17.9 Å². The summed E-state index contributed by atoms with van der Waals surface area (Å²) in [5, 5.41) is 9.01. The molecule has 0 aliphatic rings. The Labute approximate surface area is 117 Å². The van der Waals surface area contributed by atoms with E-state index in [0.717, 1.165) is 6.07 Å². The second kappa shape index (κ2) is 7.22. The van der Waals surface area contributed by atoms with Gasteiger partial charge in [0.2, 0.25) is 10.0 Å². The lowest BCUT2D eigenvalue weighted by Crippen LogP contribution is -2.26. The minimum absolute atomic E-state index is 0.190. The maximum absolute atomic E-state index is 12.1. The van der Waals surface area contributed by atoms with Gasteiger partial charge in [-0.05, 0) is 31.0 Å². The zero-order valence-corrected chi connectivity index (χ0v) is 11.9. The van der Waals surface area contributed by atoms with E-state index in [1.807, 2.05) is 0 Å². The number of nitrogens with one attached hydrogen (secondary N) is 1. The van der Waals surface area contributed by atoms with E-state index in [4.69, 9.17) is 15.6 Å². The summed E-state index contributed by atoms with van der Waals surface area (Å²) >= 11 is 0. The number of hydrogen-bond acceptors (Lipinski definition) is 5. The van der Waals surface area contributed by atoms with Crippen molar-refractivity contribution in [3.8, 4) is 0 Å². The summed E-state index contributed by atoms with van der Waals surface area (Å²) in [6.07, 6.45) is 1.31. The highest BCUT2D eigenvalue weighted by atomic mass is 32.2. The summed E-state index contributed by atoms with van der Waals surface area (Å²) in [4.78, 5) is 10.7. The van der Waals surface area contributed by atoms with Gasteiger partial charge in [-0.2, -0.15) is 0 Å². The third-order valence-electron chi connectivity index (χ3n) is 2.59. The minimum atomic E-state index is -3.90. The molecule has 0 aliphatic carbocycles. The van der Waals surface area contributed by atoms with Gasteiger partial charge in [0, 0.05) is 25.9 Å². The number of nitrogens with two attached hydrogens (primary N) is 1. The van der Waals surface area contributed by atoms with Crippen LogP contribution in [-0.2, 0) is 14.8 Å². The number of ether oxygens (including phenoxy) is 1. The average molecular weight is 302 g/mol. The number of hydrogen-bond donors (Lipinski definition) is 3. The monoisotopic (exact) mass is 302 g/mol. The van der Waals surface area contributed by atoms with Crippen LogP contribution in [0.3, 0.4) is 0 Å². The first-order valence-corrected chi connectivity index (χ1v) is 7.48. The Balaban J connectivity index is 2.86. The van der Waals surface area contributed by atoms with Crippen molar-refractivity contribution >= 4 is 21.7 Å². The Morgan fingerprint density at radius 1 is 1.40 bits per heavy atom. The number of aromatic carboxylic acids is 1. The minimum Gasteiger partial charge on any atom is -0.478 e. The summed E-state index contributed by atoms with van der Waals surface area (Å²) in [6, 6.07) is 3.67. The Morgan fingerprint density at radius 3 is 2.70 bits per heavy atom. The predicted octanol–water partition coefficient (Wildman–Crippen LogP) is 0.672. The Morgan fingerprint density at radius 2 is 2.10 bits per heavy atom. The van der Waals surface area contributed by atoms with Crippen LogP contribution in [0.15, 0.2) is 23.1 Å². The fraction of sp³-hybridized carbons (Fsp3) is 0.417. The molecule has 0 bridgehead atoms. The summed E-state index contributed by atoms with van der Waals surface area (Å²) in [6.45, 7) is 0.750. The second-order valence-electron chi connectivity index (χ2n) is 4.16. The molecule has 112 valence electrons. The number of carboxylic acids is 1. The highest BCUT2D eigenvalue weighted by Gasteiger charge is 2.22. The largest absolute Gasteiger partial charge is 0.478 e. The fourth-order valence-electron chi connectivity index (χ4n) is 1.59. The van der Waals surface area contributed by atoms with Crippen LogP contribution in [0.25, 0.3) is 0 Å². The van der Waals surface area contributed by atoms with Crippen molar-refractivity contribution < 1.29 is 23.1 Å². The van der Waals surface area contributed by atoms with Crippen LogP contribution in [0, 0.1) is 0 Å². The normalized spacial score (nSPS) is 11.4. The fourth-order valence-corrected chi connectivity index (χ4v) is 2.90. The number of anilines is 1. The molecule has 0 amide bonds. The van der Waals surface area contributed by atoms with E-state index in [0.29, 0.717) is 19.4 Å². The molecule has 1 aromatic carbocycles.